The van der Waals surface area contributed by atoms with E-state index in [0.717, 1.165) is 16.5 Å². The molecule has 2 aromatic carbocycles. The number of esters is 1. The third kappa shape index (κ3) is 3.55. The lowest BCUT2D eigenvalue weighted by Crippen LogP contribution is -2.39. The smallest absolute Gasteiger partial charge is 0.328 e. The van der Waals surface area contributed by atoms with Gasteiger partial charge in [0, 0.05) is 17.4 Å². The van der Waals surface area contributed by atoms with E-state index < -0.39 is 12.0 Å². The Morgan fingerprint density at radius 2 is 1.76 bits per heavy atom. The summed E-state index contributed by atoms with van der Waals surface area (Å²) in [5, 5.41) is 3.68. The summed E-state index contributed by atoms with van der Waals surface area (Å²) in [5.41, 5.74) is 2.59. The highest BCUT2D eigenvalue weighted by atomic mass is 16.5. The zero-order valence-electron chi connectivity index (χ0n) is 14.2. The predicted molar refractivity (Wildman–Crippen MR) is 96.4 cm³/mol. The number of aromatic nitrogens is 1. The number of carbonyl (C=O) groups excluding carboxylic acids is 2. The van der Waals surface area contributed by atoms with Crippen LogP contribution < -0.4 is 5.32 Å². The first-order valence-electron chi connectivity index (χ1n) is 8.11. The zero-order valence-corrected chi connectivity index (χ0v) is 14.2. The molecular formula is C20H20N2O3. The van der Waals surface area contributed by atoms with Gasteiger partial charge in [0.15, 0.2) is 0 Å². The normalized spacial score (nSPS) is 11.9. The Kier molecular flexibility index (Phi) is 4.84. The van der Waals surface area contributed by atoms with Gasteiger partial charge >= 0.3 is 5.97 Å². The van der Waals surface area contributed by atoms with E-state index in [0.29, 0.717) is 12.2 Å². The van der Waals surface area contributed by atoms with Crippen LogP contribution in [0, 0.1) is 0 Å². The van der Waals surface area contributed by atoms with Crippen molar-refractivity contribution in [3.8, 4) is 0 Å². The SMILES string of the molecule is COC(=O)[C@@H](C)NC(=O)c1cc2ccccc2n1Cc1ccccc1. The highest BCUT2D eigenvalue weighted by molar-refractivity contribution is 6.00. The van der Waals surface area contributed by atoms with Crippen LogP contribution in [0.15, 0.2) is 60.7 Å². The molecule has 1 aromatic heterocycles. The highest BCUT2D eigenvalue weighted by Crippen LogP contribution is 2.21. The molecule has 3 aromatic rings. The molecule has 0 bridgehead atoms. The van der Waals surface area contributed by atoms with Gasteiger partial charge in [0.2, 0.25) is 0 Å². The Morgan fingerprint density at radius 1 is 1.08 bits per heavy atom. The van der Waals surface area contributed by atoms with Gasteiger partial charge in [-0.2, -0.15) is 0 Å². The molecule has 3 rings (SSSR count). The third-order valence-corrected chi connectivity index (χ3v) is 4.13. The second kappa shape index (κ2) is 7.21. The number of carbonyl (C=O) groups is 2. The van der Waals surface area contributed by atoms with E-state index in [1.54, 1.807) is 6.92 Å². The Balaban J connectivity index is 1.98. The molecule has 0 unspecified atom stereocenters. The summed E-state index contributed by atoms with van der Waals surface area (Å²) in [7, 11) is 1.30. The molecule has 0 fully saturated rings. The largest absolute Gasteiger partial charge is 0.467 e. The van der Waals surface area contributed by atoms with Crippen LogP contribution in [-0.4, -0.2) is 29.6 Å². The first-order valence-corrected chi connectivity index (χ1v) is 8.11. The highest BCUT2D eigenvalue weighted by Gasteiger charge is 2.21. The van der Waals surface area contributed by atoms with E-state index in [1.165, 1.54) is 7.11 Å². The molecule has 5 heteroatoms. The van der Waals surface area contributed by atoms with E-state index >= 15 is 0 Å². The van der Waals surface area contributed by atoms with E-state index in [1.807, 2.05) is 65.2 Å². The predicted octanol–water partition coefficient (Wildman–Crippen LogP) is 2.98. The molecule has 0 spiro atoms. The maximum Gasteiger partial charge on any atom is 0.328 e. The van der Waals surface area contributed by atoms with Gasteiger partial charge in [-0.1, -0.05) is 48.5 Å². The number of hydrogen-bond donors (Lipinski definition) is 1. The molecule has 25 heavy (non-hydrogen) atoms. The Labute approximate surface area is 146 Å². The van der Waals surface area contributed by atoms with Gasteiger partial charge < -0.3 is 14.6 Å². The summed E-state index contributed by atoms with van der Waals surface area (Å²) in [6, 6.07) is 18.9. The Morgan fingerprint density at radius 3 is 2.48 bits per heavy atom. The van der Waals surface area contributed by atoms with Crippen molar-refractivity contribution in [2.75, 3.05) is 7.11 Å². The van der Waals surface area contributed by atoms with Crippen molar-refractivity contribution < 1.29 is 14.3 Å². The molecule has 0 aliphatic rings. The molecule has 0 saturated heterocycles. The van der Waals surface area contributed by atoms with Crippen LogP contribution in [0.4, 0.5) is 0 Å². The lowest BCUT2D eigenvalue weighted by molar-refractivity contribution is -0.142. The fourth-order valence-electron chi connectivity index (χ4n) is 2.84. The molecule has 1 atom stereocenters. The van der Waals surface area contributed by atoms with Crippen LogP contribution in [0.5, 0.6) is 0 Å². The quantitative estimate of drug-likeness (QED) is 0.729. The maximum atomic E-state index is 12.7. The fraction of sp³-hybridized carbons (Fsp3) is 0.200. The van der Waals surface area contributed by atoms with Crippen molar-refractivity contribution in [3.63, 3.8) is 0 Å². The van der Waals surface area contributed by atoms with Crippen LogP contribution >= 0.6 is 0 Å². The van der Waals surface area contributed by atoms with Gasteiger partial charge in [-0.05, 0) is 24.6 Å². The molecule has 0 radical (unpaired) electrons. The van der Waals surface area contributed by atoms with Crippen LogP contribution in [0.25, 0.3) is 10.9 Å². The number of para-hydroxylation sites is 1. The molecule has 5 nitrogen and oxygen atoms in total. The van der Waals surface area contributed by atoms with Gasteiger partial charge in [0.25, 0.3) is 5.91 Å². The number of benzene rings is 2. The summed E-state index contributed by atoms with van der Waals surface area (Å²) in [6.45, 7) is 2.18. The van der Waals surface area contributed by atoms with Crippen molar-refractivity contribution >= 4 is 22.8 Å². The summed E-state index contributed by atoms with van der Waals surface area (Å²) in [5.74, 6) is -0.774. The second-order valence-electron chi connectivity index (χ2n) is 5.88. The number of ether oxygens (including phenoxy) is 1. The van der Waals surface area contributed by atoms with E-state index in [-0.39, 0.29) is 5.91 Å². The average Bonchev–Trinajstić information content (AvgIpc) is 3.00. The molecule has 1 amide bonds. The first kappa shape index (κ1) is 16.8. The van der Waals surface area contributed by atoms with E-state index in [9.17, 15) is 9.59 Å². The van der Waals surface area contributed by atoms with Crippen molar-refractivity contribution in [1.82, 2.24) is 9.88 Å². The Bertz CT molecular complexity index is 900. The maximum absolute atomic E-state index is 12.7. The molecular weight excluding hydrogens is 316 g/mol. The third-order valence-electron chi connectivity index (χ3n) is 4.13. The lowest BCUT2D eigenvalue weighted by atomic mass is 10.2. The standard InChI is InChI=1S/C20H20N2O3/c1-14(20(24)25-2)21-19(23)18-12-16-10-6-7-11-17(16)22(18)13-15-8-4-3-5-9-15/h3-12,14H,13H2,1-2H3,(H,21,23)/t14-/m1/s1. The van der Waals surface area contributed by atoms with Gasteiger partial charge in [-0.3, -0.25) is 4.79 Å². The Hall–Kier alpha value is -3.08. The van der Waals surface area contributed by atoms with Crippen LogP contribution in [0.3, 0.4) is 0 Å². The van der Waals surface area contributed by atoms with E-state index in [2.05, 4.69) is 10.1 Å². The zero-order chi connectivity index (χ0) is 17.8. The summed E-state index contributed by atoms with van der Waals surface area (Å²) in [4.78, 5) is 24.3. The van der Waals surface area contributed by atoms with Crippen molar-refractivity contribution in [2.24, 2.45) is 0 Å². The minimum Gasteiger partial charge on any atom is -0.467 e. The number of hydrogen-bond acceptors (Lipinski definition) is 3. The minimum atomic E-state index is -0.708. The number of methoxy groups -OCH3 is 1. The summed E-state index contributed by atoms with van der Waals surface area (Å²) in [6.07, 6.45) is 0. The van der Waals surface area contributed by atoms with Crippen molar-refractivity contribution in [1.29, 1.82) is 0 Å². The topological polar surface area (TPSA) is 60.3 Å². The van der Waals surface area contributed by atoms with Gasteiger partial charge in [-0.15, -0.1) is 0 Å². The molecule has 0 saturated carbocycles. The second-order valence-corrected chi connectivity index (χ2v) is 5.88. The fourth-order valence-corrected chi connectivity index (χ4v) is 2.84. The average molecular weight is 336 g/mol. The molecule has 1 N–H and O–H groups in total. The number of nitrogens with zero attached hydrogens (tertiary/aromatic N) is 1. The minimum absolute atomic E-state index is 0.301. The number of fused-ring (bicyclic) bond motifs is 1. The van der Waals surface area contributed by atoms with Crippen molar-refractivity contribution in [2.45, 2.75) is 19.5 Å². The van der Waals surface area contributed by atoms with Gasteiger partial charge in [0.05, 0.1) is 7.11 Å². The lowest BCUT2D eigenvalue weighted by Gasteiger charge is -2.14. The van der Waals surface area contributed by atoms with Crippen LogP contribution in [0.1, 0.15) is 23.0 Å². The number of amides is 1. The van der Waals surface area contributed by atoms with E-state index in [4.69, 9.17) is 0 Å². The van der Waals surface area contributed by atoms with Crippen LogP contribution in [0.2, 0.25) is 0 Å². The van der Waals surface area contributed by atoms with Gasteiger partial charge in [0.1, 0.15) is 11.7 Å². The molecule has 1 heterocycles. The summed E-state index contributed by atoms with van der Waals surface area (Å²) >= 11 is 0. The molecule has 0 aliphatic carbocycles. The van der Waals surface area contributed by atoms with Crippen LogP contribution in [-0.2, 0) is 16.1 Å². The number of nitrogens with one attached hydrogen (secondary N) is 1. The first-order chi connectivity index (χ1) is 12.1. The monoisotopic (exact) mass is 336 g/mol. The summed E-state index contributed by atoms with van der Waals surface area (Å²) < 4.78 is 6.64. The van der Waals surface area contributed by atoms with Crippen molar-refractivity contribution in [3.05, 3.63) is 71.9 Å². The molecule has 0 aliphatic heterocycles. The molecule has 128 valence electrons. The van der Waals surface area contributed by atoms with Gasteiger partial charge in [-0.25, -0.2) is 4.79 Å². The number of rotatable bonds is 5.